The van der Waals surface area contributed by atoms with Crippen LogP contribution in [0, 0.1) is 0 Å². The van der Waals surface area contributed by atoms with E-state index in [2.05, 4.69) is 15.6 Å². The average Bonchev–Trinajstić information content (AvgIpc) is 2.90. The highest BCUT2D eigenvalue weighted by Gasteiger charge is 2.17. The minimum atomic E-state index is -3.31. The first-order valence-corrected chi connectivity index (χ1v) is 9.53. The zero-order chi connectivity index (χ0) is 16.3. The molecule has 1 aromatic heterocycles. The molecule has 0 aliphatic rings. The molecule has 2 rings (SSSR count). The minimum Gasteiger partial charge on any atom is -0.335 e. The van der Waals surface area contributed by atoms with Crippen molar-refractivity contribution >= 4 is 43.1 Å². The van der Waals surface area contributed by atoms with Crippen molar-refractivity contribution < 1.29 is 13.2 Å². The number of sulfone groups is 1. The van der Waals surface area contributed by atoms with E-state index in [0.29, 0.717) is 11.2 Å². The summed E-state index contributed by atoms with van der Waals surface area (Å²) >= 11 is 1.12. The maximum atomic E-state index is 11.9. The molecule has 8 heteroatoms. The molecule has 22 heavy (non-hydrogen) atoms. The lowest BCUT2D eigenvalue weighted by Gasteiger charge is -2.12. The lowest BCUT2D eigenvalue weighted by molar-refractivity contribution is 0.249. The van der Waals surface area contributed by atoms with Gasteiger partial charge in [0.2, 0.25) is 14.2 Å². The molecule has 2 aromatic rings. The zero-order valence-corrected chi connectivity index (χ0v) is 14.3. The molecule has 2 N–H and O–H groups in total. The van der Waals surface area contributed by atoms with Crippen LogP contribution in [0.2, 0.25) is 0 Å². The van der Waals surface area contributed by atoms with Crippen LogP contribution in [0.4, 0.5) is 10.5 Å². The van der Waals surface area contributed by atoms with Crippen molar-refractivity contribution in [2.75, 3.05) is 11.1 Å². The Labute approximate surface area is 133 Å². The van der Waals surface area contributed by atoms with Gasteiger partial charge in [-0.05, 0) is 31.5 Å². The first-order valence-electron chi connectivity index (χ1n) is 7.06. The molecule has 0 aliphatic heterocycles. The van der Waals surface area contributed by atoms with Crippen LogP contribution in [-0.4, -0.2) is 31.2 Å². The highest BCUT2D eigenvalue weighted by Crippen LogP contribution is 2.28. The second-order valence-corrected chi connectivity index (χ2v) is 8.46. The predicted molar refractivity (Wildman–Crippen MR) is 89.3 cm³/mol. The second kappa shape index (κ2) is 6.62. The summed E-state index contributed by atoms with van der Waals surface area (Å²) in [4.78, 5) is 15.9. The molecule has 0 spiro atoms. The zero-order valence-electron chi connectivity index (χ0n) is 12.7. The third-order valence-corrected chi connectivity index (χ3v) is 6.47. The van der Waals surface area contributed by atoms with Crippen molar-refractivity contribution in [2.24, 2.45) is 0 Å². The number of carbonyl (C=O) groups is 1. The van der Waals surface area contributed by atoms with Crippen LogP contribution in [0.5, 0.6) is 0 Å². The SMILES string of the molecule is CCC(C)NC(=O)Nc1ccc2nc(S(=O)(=O)CC)sc2c1. The highest BCUT2D eigenvalue weighted by atomic mass is 32.2. The Morgan fingerprint density at radius 2 is 2.09 bits per heavy atom. The summed E-state index contributed by atoms with van der Waals surface area (Å²) in [5.41, 5.74) is 1.22. The third-order valence-electron chi connectivity index (χ3n) is 3.26. The van der Waals surface area contributed by atoms with Gasteiger partial charge in [0.15, 0.2) is 0 Å². The van der Waals surface area contributed by atoms with Gasteiger partial charge in [-0.25, -0.2) is 18.2 Å². The van der Waals surface area contributed by atoms with Crippen molar-refractivity contribution in [2.45, 2.75) is 37.6 Å². The molecule has 1 heterocycles. The molecular formula is C14H19N3O3S2. The van der Waals surface area contributed by atoms with Gasteiger partial charge in [0.25, 0.3) is 0 Å². The van der Waals surface area contributed by atoms with Gasteiger partial charge in [0.1, 0.15) is 0 Å². The average molecular weight is 341 g/mol. The molecule has 0 aliphatic carbocycles. The van der Waals surface area contributed by atoms with Crippen molar-refractivity contribution in [3.8, 4) is 0 Å². The van der Waals surface area contributed by atoms with Crippen molar-refractivity contribution in [1.29, 1.82) is 0 Å². The molecule has 1 atom stereocenters. The first kappa shape index (κ1) is 16.7. The van der Waals surface area contributed by atoms with Gasteiger partial charge >= 0.3 is 6.03 Å². The minimum absolute atomic E-state index is 0.0231. The summed E-state index contributed by atoms with van der Waals surface area (Å²) in [6, 6.07) is 4.96. The van der Waals surface area contributed by atoms with Gasteiger partial charge in [0, 0.05) is 11.7 Å². The highest BCUT2D eigenvalue weighted by molar-refractivity contribution is 7.93. The lowest BCUT2D eigenvalue weighted by Crippen LogP contribution is -2.35. The molecule has 2 amide bonds. The van der Waals surface area contributed by atoms with E-state index in [9.17, 15) is 13.2 Å². The molecular weight excluding hydrogens is 322 g/mol. The van der Waals surface area contributed by atoms with Gasteiger partial charge in [-0.15, -0.1) is 11.3 Å². The number of nitrogens with zero attached hydrogens (tertiary/aromatic N) is 1. The number of rotatable bonds is 5. The summed E-state index contributed by atoms with van der Waals surface area (Å²) in [5.74, 6) is 0.0231. The number of hydrogen-bond donors (Lipinski definition) is 2. The van der Waals surface area contributed by atoms with Gasteiger partial charge in [0.05, 0.1) is 16.0 Å². The quantitative estimate of drug-likeness (QED) is 0.875. The Morgan fingerprint density at radius 3 is 2.73 bits per heavy atom. The second-order valence-electron chi connectivity index (χ2n) is 4.97. The number of aromatic nitrogens is 1. The third kappa shape index (κ3) is 3.75. The van der Waals surface area contributed by atoms with Crippen LogP contribution in [0.25, 0.3) is 10.2 Å². The van der Waals surface area contributed by atoms with E-state index in [1.807, 2.05) is 13.8 Å². The molecule has 1 unspecified atom stereocenters. The lowest BCUT2D eigenvalue weighted by atomic mass is 10.2. The number of anilines is 1. The summed E-state index contributed by atoms with van der Waals surface area (Å²) in [6.45, 7) is 5.51. The summed E-state index contributed by atoms with van der Waals surface area (Å²) < 4.78 is 24.6. The molecule has 0 radical (unpaired) electrons. The summed E-state index contributed by atoms with van der Waals surface area (Å²) in [7, 11) is -3.31. The van der Waals surface area contributed by atoms with Crippen LogP contribution >= 0.6 is 11.3 Å². The Kier molecular flexibility index (Phi) is 5.02. The van der Waals surface area contributed by atoms with Crippen LogP contribution in [0.15, 0.2) is 22.5 Å². The number of hydrogen-bond acceptors (Lipinski definition) is 5. The van der Waals surface area contributed by atoms with Crippen LogP contribution < -0.4 is 10.6 Å². The van der Waals surface area contributed by atoms with Crippen LogP contribution in [0.1, 0.15) is 27.2 Å². The smallest absolute Gasteiger partial charge is 0.319 e. The maximum absolute atomic E-state index is 11.9. The number of carbonyl (C=O) groups excluding carboxylic acids is 1. The van der Waals surface area contributed by atoms with Gasteiger partial charge < -0.3 is 10.6 Å². The molecule has 120 valence electrons. The Morgan fingerprint density at radius 1 is 1.36 bits per heavy atom. The van der Waals surface area contributed by atoms with E-state index in [1.54, 1.807) is 25.1 Å². The normalized spacial score (nSPS) is 13.0. The van der Waals surface area contributed by atoms with E-state index in [-0.39, 0.29) is 22.2 Å². The van der Waals surface area contributed by atoms with E-state index in [0.717, 1.165) is 22.5 Å². The summed E-state index contributed by atoms with van der Waals surface area (Å²) in [5, 5.41) is 5.55. The Balaban J connectivity index is 2.22. The number of benzene rings is 1. The first-order chi connectivity index (χ1) is 10.4. The Bertz CT molecular complexity index is 784. The van der Waals surface area contributed by atoms with Gasteiger partial charge in [-0.2, -0.15) is 0 Å². The fourth-order valence-corrected chi connectivity index (χ4v) is 4.08. The molecule has 1 aromatic carbocycles. The molecule has 0 fully saturated rings. The topological polar surface area (TPSA) is 88.2 Å². The number of amides is 2. The van der Waals surface area contributed by atoms with E-state index >= 15 is 0 Å². The largest absolute Gasteiger partial charge is 0.335 e. The maximum Gasteiger partial charge on any atom is 0.319 e. The molecule has 0 saturated heterocycles. The fourth-order valence-electron chi connectivity index (χ4n) is 1.73. The van der Waals surface area contributed by atoms with Crippen LogP contribution in [-0.2, 0) is 9.84 Å². The van der Waals surface area contributed by atoms with Crippen molar-refractivity contribution in [1.82, 2.24) is 10.3 Å². The molecule has 6 nitrogen and oxygen atoms in total. The molecule has 0 saturated carbocycles. The Hall–Kier alpha value is -1.67. The van der Waals surface area contributed by atoms with Crippen LogP contribution in [0.3, 0.4) is 0 Å². The predicted octanol–water partition coefficient (Wildman–Crippen LogP) is 3.01. The van der Waals surface area contributed by atoms with Gasteiger partial charge in [-0.3, -0.25) is 0 Å². The van der Waals surface area contributed by atoms with Gasteiger partial charge in [-0.1, -0.05) is 13.8 Å². The van der Waals surface area contributed by atoms with E-state index in [4.69, 9.17) is 0 Å². The fraction of sp³-hybridized carbons (Fsp3) is 0.429. The van der Waals surface area contributed by atoms with Crippen molar-refractivity contribution in [3.05, 3.63) is 18.2 Å². The monoisotopic (exact) mass is 341 g/mol. The number of thiazole rings is 1. The van der Waals surface area contributed by atoms with Crippen molar-refractivity contribution in [3.63, 3.8) is 0 Å². The summed E-state index contributed by atoms with van der Waals surface area (Å²) in [6.07, 6.45) is 0.847. The number of nitrogens with one attached hydrogen (secondary N) is 2. The van der Waals surface area contributed by atoms with E-state index in [1.165, 1.54) is 0 Å². The number of urea groups is 1. The number of fused-ring (bicyclic) bond motifs is 1. The molecule has 0 bridgehead atoms. The standard InChI is InChI=1S/C14H19N3O3S2/c1-4-9(3)15-13(18)16-10-6-7-11-12(8-10)21-14(17-11)22(19,20)5-2/h6-9H,4-5H2,1-3H3,(H2,15,16,18). The van der Waals surface area contributed by atoms with E-state index < -0.39 is 9.84 Å².